The molecule has 0 saturated carbocycles. The van der Waals surface area contributed by atoms with Crippen molar-refractivity contribution in [2.45, 2.75) is 24.8 Å². The van der Waals surface area contributed by atoms with E-state index in [4.69, 9.17) is 4.42 Å². The van der Waals surface area contributed by atoms with Gasteiger partial charge in [0.2, 0.25) is 0 Å². The molecule has 0 amide bonds. The lowest BCUT2D eigenvalue weighted by molar-refractivity contribution is 0.559. The van der Waals surface area contributed by atoms with Gasteiger partial charge in [0.1, 0.15) is 5.58 Å². The molecule has 4 rings (SSSR count). The molecule has 0 saturated heterocycles. The van der Waals surface area contributed by atoms with Crippen molar-refractivity contribution >= 4 is 22.7 Å². The summed E-state index contributed by atoms with van der Waals surface area (Å²) in [5.74, 6) is 1.36. The topological polar surface area (TPSA) is 73.8 Å². The second kappa shape index (κ2) is 7.00. The number of hydrogen-bond acceptors (Lipinski definition) is 6. The maximum Gasteiger partial charge on any atom is 0.336 e. The number of benzene rings is 1. The second-order valence-corrected chi connectivity index (χ2v) is 7.36. The quantitative estimate of drug-likeness (QED) is 0.396. The largest absolute Gasteiger partial charge is 0.423 e. The van der Waals surface area contributed by atoms with Gasteiger partial charge in [0, 0.05) is 42.2 Å². The zero-order valence-electron chi connectivity index (χ0n) is 15.3. The lowest BCUT2D eigenvalue weighted by Crippen LogP contribution is -2.01. The van der Waals surface area contributed by atoms with Gasteiger partial charge in [-0.3, -0.25) is 4.98 Å². The Hall–Kier alpha value is -2.93. The van der Waals surface area contributed by atoms with Gasteiger partial charge in [-0.15, -0.1) is 10.2 Å². The first-order chi connectivity index (χ1) is 13.0. The van der Waals surface area contributed by atoms with Gasteiger partial charge in [0.15, 0.2) is 11.0 Å². The molecule has 0 aliphatic carbocycles. The number of aryl methyl sites for hydroxylation is 2. The van der Waals surface area contributed by atoms with E-state index in [1.165, 1.54) is 17.3 Å². The first kappa shape index (κ1) is 17.5. The molecule has 1 aromatic carbocycles. The molecule has 0 atom stereocenters. The fourth-order valence-electron chi connectivity index (χ4n) is 2.93. The predicted octanol–water partition coefficient (Wildman–Crippen LogP) is 3.89. The molecular formula is C20H18N4O2S. The molecule has 3 heterocycles. The fraction of sp³-hybridized carbons (Fsp3) is 0.200. The molecule has 0 radical (unpaired) electrons. The number of rotatable bonds is 4. The van der Waals surface area contributed by atoms with Crippen LogP contribution in [0.5, 0.6) is 0 Å². The summed E-state index contributed by atoms with van der Waals surface area (Å²) in [4.78, 5) is 16.1. The van der Waals surface area contributed by atoms with Gasteiger partial charge in [0.25, 0.3) is 0 Å². The van der Waals surface area contributed by atoms with E-state index in [0.717, 1.165) is 33.1 Å². The van der Waals surface area contributed by atoms with Gasteiger partial charge in [-0.25, -0.2) is 4.79 Å². The highest BCUT2D eigenvalue weighted by Crippen LogP contribution is 2.28. The lowest BCUT2D eigenvalue weighted by Gasteiger charge is -2.08. The smallest absolute Gasteiger partial charge is 0.336 e. The Balaban J connectivity index is 1.66. The highest BCUT2D eigenvalue weighted by molar-refractivity contribution is 7.98. The molecule has 3 aromatic heterocycles. The highest BCUT2D eigenvalue weighted by Gasteiger charge is 2.13. The van der Waals surface area contributed by atoms with E-state index in [-0.39, 0.29) is 5.63 Å². The summed E-state index contributed by atoms with van der Waals surface area (Å²) in [7, 11) is 1.93. The molecule has 0 spiro atoms. The number of nitrogens with zero attached hydrogens (tertiary/aromatic N) is 4. The number of hydrogen-bond donors (Lipinski definition) is 0. The van der Waals surface area contributed by atoms with E-state index in [1.54, 1.807) is 18.5 Å². The summed E-state index contributed by atoms with van der Waals surface area (Å²) in [6.45, 7) is 4.06. The third-order valence-corrected chi connectivity index (χ3v) is 5.62. The minimum Gasteiger partial charge on any atom is -0.423 e. The summed E-state index contributed by atoms with van der Waals surface area (Å²) in [5.41, 5.74) is 4.40. The van der Waals surface area contributed by atoms with Gasteiger partial charge in [-0.2, -0.15) is 0 Å². The summed E-state index contributed by atoms with van der Waals surface area (Å²) < 4.78 is 7.31. The molecule has 0 aliphatic rings. The molecule has 136 valence electrons. The Kier molecular flexibility index (Phi) is 4.53. The third kappa shape index (κ3) is 3.38. The molecule has 6 nitrogen and oxygen atoms in total. The maximum absolute atomic E-state index is 12.0. The van der Waals surface area contributed by atoms with E-state index in [2.05, 4.69) is 28.2 Å². The van der Waals surface area contributed by atoms with Crippen molar-refractivity contribution in [1.82, 2.24) is 19.7 Å². The van der Waals surface area contributed by atoms with E-state index in [0.29, 0.717) is 11.3 Å². The molecule has 7 heteroatoms. The minimum atomic E-state index is -0.338. The molecule has 0 aliphatic heterocycles. The van der Waals surface area contributed by atoms with Crippen LogP contribution in [0.3, 0.4) is 0 Å². The van der Waals surface area contributed by atoms with Crippen molar-refractivity contribution in [1.29, 1.82) is 0 Å². The lowest BCUT2D eigenvalue weighted by atomic mass is 10.0. The molecule has 27 heavy (non-hydrogen) atoms. The summed E-state index contributed by atoms with van der Waals surface area (Å²) in [6, 6.07) is 9.37. The predicted molar refractivity (Wildman–Crippen MR) is 106 cm³/mol. The number of thioether (sulfide) groups is 1. The monoisotopic (exact) mass is 378 g/mol. The van der Waals surface area contributed by atoms with Gasteiger partial charge in [-0.1, -0.05) is 11.8 Å². The molecule has 0 N–H and O–H groups in total. The summed E-state index contributed by atoms with van der Waals surface area (Å²) >= 11 is 1.54. The van der Waals surface area contributed by atoms with Gasteiger partial charge in [0.05, 0.1) is 0 Å². The summed E-state index contributed by atoms with van der Waals surface area (Å²) in [5, 5.41) is 10.3. The number of fused-ring (bicyclic) bond motifs is 1. The first-order valence-corrected chi connectivity index (χ1v) is 9.48. The highest BCUT2D eigenvalue weighted by atomic mass is 32.2. The van der Waals surface area contributed by atoms with Crippen molar-refractivity contribution in [2.24, 2.45) is 7.05 Å². The first-order valence-electron chi connectivity index (χ1n) is 8.49. The van der Waals surface area contributed by atoms with Crippen molar-refractivity contribution in [3.63, 3.8) is 0 Å². The molecule has 0 fully saturated rings. The minimum absolute atomic E-state index is 0.338. The maximum atomic E-state index is 12.0. The molecule has 4 aromatic rings. The van der Waals surface area contributed by atoms with Gasteiger partial charge < -0.3 is 8.98 Å². The Morgan fingerprint density at radius 1 is 1.15 bits per heavy atom. The average Bonchev–Trinajstić information content (AvgIpc) is 3.02. The Morgan fingerprint density at radius 2 is 1.96 bits per heavy atom. The SMILES string of the molecule is Cc1cc2oc(=O)cc(CSc3nnc(-c4cccnc4)n3C)c2cc1C. The van der Waals surface area contributed by atoms with Crippen LogP contribution in [0.15, 0.2) is 57.1 Å². The van der Waals surface area contributed by atoms with Crippen LogP contribution < -0.4 is 5.63 Å². The standard InChI is InChI=1S/C20H18N4O2S/c1-12-7-16-15(9-18(25)26-17(16)8-13(12)2)11-27-20-23-22-19(24(20)3)14-5-4-6-21-10-14/h4-10H,11H2,1-3H3. The van der Waals surface area contributed by atoms with Gasteiger partial charge >= 0.3 is 5.63 Å². The van der Waals surface area contributed by atoms with E-state index in [1.807, 2.05) is 36.7 Å². The van der Waals surface area contributed by atoms with Gasteiger partial charge in [-0.05, 0) is 54.8 Å². The van der Waals surface area contributed by atoms with Crippen LogP contribution >= 0.6 is 11.8 Å². The van der Waals surface area contributed by atoms with Crippen LogP contribution in [0.1, 0.15) is 16.7 Å². The van der Waals surface area contributed by atoms with Crippen LogP contribution in [-0.2, 0) is 12.8 Å². The molecule has 0 bridgehead atoms. The van der Waals surface area contributed by atoms with E-state index < -0.39 is 0 Å². The zero-order chi connectivity index (χ0) is 19.0. The third-order valence-electron chi connectivity index (χ3n) is 4.56. The fourth-order valence-corrected chi connectivity index (χ4v) is 3.83. The van der Waals surface area contributed by atoms with Crippen LogP contribution in [0.4, 0.5) is 0 Å². The van der Waals surface area contributed by atoms with E-state index >= 15 is 0 Å². The Labute approximate surface area is 160 Å². The van der Waals surface area contributed by atoms with Crippen LogP contribution in [-0.4, -0.2) is 19.7 Å². The van der Waals surface area contributed by atoms with Crippen LogP contribution in [0.25, 0.3) is 22.4 Å². The number of pyridine rings is 1. The van der Waals surface area contributed by atoms with Crippen molar-refractivity contribution in [3.8, 4) is 11.4 Å². The molecule has 0 unspecified atom stereocenters. The molecular weight excluding hydrogens is 360 g/mol. The van der Waals surface area contributed by atoms with E-state index in [9.17, 15) is 4.79 Å². The van der Waals surface area contributed by atoms with Crippen molar-refractivity contribution in [3.05, 3.63) is 69.8 Å². The average molecular weight is 378 g/mol. The van der Waals surface area contributed by atoms with Crippen LogP contribution in [0.2, 0.25) is 0 Å². The van der Waals surface area contributed by atoms with Crippen molar-refractivity contribution in [2.75, 3.05) is 0 Å². The Morgan fingerprint density at radius 3 is 2.74 bits per heavy atom. The van der Waals surface area contributed by atoms with Crippen molar-refractivity contribution < 1.29 is 4.42 Å². The second-order valence-electron chi connectivity index (χ2n) is 6.42. The van der Waals surface area contributed by atoms with Crippen LogP contribution in [0, 0.1) is 13.8 Å². The normalized spacial score (nSPS) is 11.2. The summed E-state index contributed by atoms with van der Waals surface area (Å²) in [6.07, 6.45) is 3.49. The zero-order valence-corrected chi connectivity index (χ0v) is 16.1. The Bertz CT molecular complexity index is 1180. The number of aromatic nitrogens is 4.